The molecule has 2 rings (SSSR count). The Morgan fingerprint density at radius 3 is 3.09 bits per heavy atom. The van der Waals surface area contributed by atoms with Crippen LogP contribution in [0.4, 0.5) is 4.79 Å². The number of methoxy groups -OCH3 is 1. The Kier molecular flexibility index (Phi) is 6.63. The van der Waals surface area contributed by atoms with Gasteiger partial charge in [0.1, 0.15) is 12.1 Å². The lowest BCUT2D eigenvalue weighted by atomic mass is 10.4. The molecule has 9 nitrogen and oxygen atoms in total. The van der Waals surface area contributed by atoms with E-state index in [-0.39, 0.29) is 5.75 Å². The smallest absolute Gasteiger partial charge is 0.321 e. The van der Waals surface area contributed by atoms with Crippen LogP contribution in [0, 0.1) is 0 Å². The molecular weight excluding hydrogens is 322 g/mol. The van der Waals surface area contributed by atoms with Gasteiger partial charge in [-0.05, 0) is 12.1 Å². The topological polar surface area (TPSA) is 111 Å². The Balaban J connectivity index is 1.76. The van der Waals surface area contributed by atoms with Crippen LogP contribution in [0.2, 0.25) is 0 Å². The molecule has 0 radical (unpaired) electrons. The second-order valence-electron chi connectivity index (χ2n) is 4.41. The number of hydrogen-bond donors (Lipinski definition) is 2. The number of nitrogens with zero attached hydrogens (tertiary/aromatic N) is 3. The SMILES string of the molecule is COCCNC(=O)NC(=O)CSc1nncn1Cc1ccco1. The van der Waals surface area contributed by atoms with Crippen molar-refractivity contribution in [2.45, 2.75) is 11.7 Å². The van der Waals surface area contributed by atoms with Crippen LogP contribution >= 0.6 is 11.8 Å². The highest BCUT2D eigenvalue weighted by Crippen LogP contribution is 2.16. The second-order valence-corrected chi connectivity index (χ2v) is 5.35. The first-order valence-electron chi connectivity index (χ1n) is 6.78. The molecule has 2 N–H and O–H groups in total. The van der Waals surface area contributed by atoms with Crippen LogP contribution in [-0.4, -0.2) is 52.7 Å². The van der Waals surface area contributed by atoms with Crippen LogP contribution < -0.4 is 10.6 Å². The number of aromatic nitrogens is 3. The molecule has 10 heteroatoms. The minimum atomic E-state index is -0.551. The zero-order chi connectivity index (χ0) is 16.5. The van der Waals surface area contributed by atoms with Crippen molar-refractivity contribution in [3.8, 4) is 0 Å². The van der Waals surface area contributed by atoms with Crippen LogP contribution in [0.15, 0.2) is 34.3 Å². The third-order valence-corrected chi connectivity index (χ3v) is 3.64. The van der Waals surface area contributed by atoms with Crippen molar-refractivity contribution in [2.75, 3.05) is 26.0 Å². The number of amides is 3. The van der Waals surface area contributed by atoms with Gasteiger partial charge in [-0.1, -0.05) is 11.8 Å². The van der Waals surface area contributed by atoms with E-state index in [9.17, 15) is 9.59 Å². The van der Waals surface area contributed by atoms with Crippen molar-refractivity contribution >= 4 is 23.7 Å². The van der Waals surface area contributed by atoms with E-state index in [1.807, 2.05) is 6.07 Å². The Labute approximate surface area is 136 Å². The average Bonchev–Trinajstić information content (AvgIpc) is 3.18. The van der Waals surface area contributed by atoms with Crippen LogP contribution in [0.5, 0.6) is 0 Å². The largest absolute Gasteiger partial charge is 0.467 e. The van der Waals surface area contributed by atoms with Gasteiger partial charge in [-0.25, -0.2) is 4.79 Å². The molecule has 0 spiro atoms. The summed E-state index contributed by atoms with van der Waals surface area (Å²) in [5.41, 5.74) is 0. The number of nitrogens with one attached hydrogen (secondary N) is 2. The number of carbonyl (C=O) groups excluding carboxylic acids is 2. The molecule has 0 saturated heterocycles. The highest BCUT2D eigenvalue weighted by atomic mass is 32.2. The fraction of sp³-hybridized carbons (Fsp3) is 0.385. The van der Waals surface area contributed by atoms with Crippen LogP contribution in [-0.2, 0) is 16.1 Å². The summed E-state index contributed by atoms with van der Waals surface area (Å²) < 4.78 is 11.8. The summed E-state index contributed by atoms with van der Waals surface area (Å²) >= 11 is 1.18. The number of carbonyl (C=O) groups is 2. The lowest BCUT2D eigenvalue weighted by molar-refractivity contribution is -0.117. The molecule has 0 atom stereocenters. The first-order valence-corrected chi connectivity index (χ1v) is 7.77. The fourth-order valence-electron chi connectivity index (χ4n) is 1.64. The molecule has 0 aliphatic heterocycles. The summed E-state index contributed by atoms with van der Waals surface area (Å²) in [6.07, 6.45) is 3.14. The molecule has 0 unspecified atom stereocenters. The maximum Gasteiger partial charge on any atom is 0.321 e. The van der Waals surface area contributed by atoms with E-state index >= 15 is 0 Å². The minimum Gasteiger partial charge on any atom is -0.467 e. The summed E-state index contributed by atoms with van der Waals surface area (Å²) in [7, 11) is 1.53. The predicted octanol–water partition coefficient (Wildman–Crippen LogP) is 0.484. The maximum atomic E-state index is 11.7. The number of thioether (sulfide) groups is 1. The molecule has 2 aromatic heterocycles. The van der Waals surface area contributed by atoms with Crippen molar-refractivity contribution < 1.29 is 18.7 Å². The molecular formula is C13H17N5O4S. The van der Waals surface area contributed by atoms with Gasteiger partial charge in [0.2, 0.25) is 5.91 Å². The molecule has 0 aliphatic rings. The fourth-order valence-corrected chi connectivity index (χ4v) is 2.35. The summed E-state index contributed by atoms with van der Waals surface area (Å²) in [5, 5.41) is 13.1. The van der Waals surface area contributed by atoms with Crippen molar-refractivity contribution in [1.82, 2.24) is 25.4 Å². The molecule has 124 valence electrons. The van der Waals surface area contributed by atoms with Gasteiger partial charge in [-0.15, -0.1) is 10.2 Å². The standard InChI is InChI=1S/C13H17N5O4S/c1-21-6-4-14-12(20)16-11(19)8-23-13-17-15-9-18(13)7-10-3-2-5-22-10/h2-3,5,9H,4,6-8H2,1H3,(H2,14,16,19,20). The Morgan fingerprint density at radius 2 is 2.35 bits per heavy atom. The lowest BCUT2D eigenvalue weighted by Gasteiger charge is -2.06. The van der Waals surface area contributed by atoms with Crippen molar-refractivity contribution in [3.05, 3.63) is 30.5 Å². The summed E-state index contributed by atoms with van der Waals surface area (Å²) in [6.45, 7) is 1.19. The van der Waals surface area contributed by atoms with Gasteiger partial charge in [-0.2, -0.15) is 0 Å². The minimum absolute atomic E-state index is 0.0501. The molecule has 2 heterocycles. The summed E-state index contributed by atoms with van der Waals surface area (Å²) in [4.78, 5) is 23.1. The average molecular weight is 339 g/mol. The van der Waals surface area contributed by atoms with E-state index < -0.39 is 11.9 Å². The molecule has 2 aromatic rings. The normalized spacial score (nSPS) is 10.5. The zero-order valence-corrected chi connectivity index (χ0v) is 13.3. The maximum absolute atomic E-state index is 11.7. The van der Waals surface area contributed by atoms with Gasteiger partial charge in [-0.3, -0.25) is 10.1 Å². The predicted molar refractivity (Wildman–Crippen MR) is 82.0 cm³/mol. The molecule has 0 bridgehead atoms. The highest BCUT2D eigenvalue weighted by molar-refractivity contribution is 7.99. The molecule has 0 fully saturated rings. The first kappa shape index (κ1) is 17.0. The van der Waals surface area contributed by atoms with E-state index in [0.29, 0.717) is 24.9 Å². The van der Waals surface area contributed by atoms with Gasteiger partial charge in [0.05, 0.1) is 25.2 Å². The number of hydrogen-bond acceptors (Lipinski definition) is 7. The zero-order valence-electron chi connectivity index (χ0n) is 12.5. The van der Waals surface area contributed by atoms with Crippen molar-refractivity contribution in [2.24, 2.45) is 0 Å². The van der Waals surface area contributed by atoms with Crippen LogP contribution in [0.25, 0.3) is 0 Å². The van der Waals surface area contributed by atoms with E-state index in [1.165, 1.54) is 18.9 Å². The second kappa shape index (κ2) is 8.96. The number of imide groups is 1. The van der Waals surface area contributed by atoms with Crippen LogP contribution in [0.3, 0.4) is 0 Å². The van der Waals surface area contributed by atoms with Crippen molar-refractivity contribution in [3.63, 3.8) is 0 Å². The van der Waals surface area contributed by atoms with Gasteiger partial charge < -0.3 is 19.0 Å². The highest BCUT2D eigenvalue weighted by Gasteiger charge is 2.12. The quantitative estimate of drug-likeness (QED) is 0.531. The third-order valence-electron chi connectivity index (χ3n) is 2.66. The lowest BCUT2D eigenvalue weighted by Crippen LogP contribution is -2.41. The number of furan rings is 1. The Hall–Kier alpha value is -2.33. The monoisotopic (exact) mass is 339 g/mol. The van der Waals surface area contributed by atoms with Gasteiger partial charge in [0.25, 0.3) is 0 Å². The van der Waals surface area contributed by atoms with E-state index in [0.717, 1.165) is 5.76 Å². The van der Waals surface area contributed by atoms with Gasteiger partial charge >= 0.3 is 6.03 Å². The molecule has 0 aliphatic carbocycles. The Bertz CT molecular complexity index is 628. The van der Waals surface area contributed by atoms with E-state index in [4.69, 9.17) is 9.15 Å². The van der Waals surface area contributed by atoms with Crippen molar-refractivity contribution in [1.29, 1.82) is 0 Å². The van der Waals surface area contributed by atoms with Gasteiger partial charge in [0, 0.05) is 13.7 Å². The molecule has 3 amide bonds. The number of ether oxygens (including phenoxy) is 1. The van der Waals surface area contributed by atoms with Crippen LogP contribution in [0.1, 0.15) is 5.76 Å². The first-order chi connectivity index (χ1) is 11.2. The molecule has 0 saturated carbocycles. The summed E-state index contributed by atoms with van der Waals surface area (Å²) in [5.74, 6) is 0.389. The Morgan fingerprint density at radius 1 is 1.48 bits per heavy atom. The van der Waals surface area contributed by atoms with E-state index in [1.54, 1.807) is 23.2 Å². The summed E-state index contributed by atoms with van der Waals surface area (Å²) in [6, 6.07) is 3.08. The van der Waals surface area contributed by atoms with Gasteiger partial charge in [0.15, 0.2) is 5.16 Å². The van der Waals surface area contributed by atoms with E-state index in [2.05, 4.69) is 20.8 Å². The third kappa shape index (κ3) is 5.75. The molecule has 23 heavy (non-hydrogen) atoms. The molecule has 0 aromatic carbocycles. The number of urea groups is 1. The number of rotatable bonds is 8.